The molecule has 1 aromatic heterocycles. The fourth-order valence-electron chi connectivity index (χ4n) is 1.62. The van der Waals surface area contributed by atoms with Crippen LogP contribution in [0, 0.1) is 5.82 Å². The van der Waals surface area contributed by atoms with Gasteiger partial charge in [0.15, 0.2) is 0 Å². The maximum atomic E-state index is 13.0. The van der Waals surface area contributed by atoms with Crippen molar-refractivity contribution in [1.82, 2.24) is 4.98 Å². The first-order valence-electron chi connectivity index (χ1n) is 5.32. The zero-order chi connectivity index (χ0) is 12.3. The Labute approximate surface area is 99.7 Å². The van der Waals surface area contributed by atoms with E-state index in [0.29, 0.717) is 12.4 Å². The van der Waals surface area contributed by atoms with Gasteiger partial charge in [-0.3, -0.25) is 0 Å². The zero-order valence-electron chi connectivity index (χ0n) is 9.60. The van der Waals surface area contributed by atoms with E-state index in [1.807, 2.05) is 24.1 Å². The number of nitrogens with two attached hydrogens (primary N) is 1. The average Bonchev–Trinajstić information content (AvgIpc) is 2.29. The number of aromatic nitrogens is 1. The Kier molecular flexibility index (Phi) is 3.23. The molecular formula is C13H14FN3. The summed E-state index contributed by atoms with van der Waals surface area (Å²) >= 11 is 0. The quantitative estimate of drug-likeness (QED) is 0.882. The van der Waals surface area contributed by atoms with Gasteiger partial charge in [0.2, 0.25) is 0 Å². The monoisotopic (exact) mass is 231 g/mol. The molecule has 0 aliphatic heterocycles. The average molecular weight is 231 g/mol. The fraction of sp³-hybridized carbons (Fsp3) is 0.154. The van der Waals surface area contributed by atoms with E-state index < -0.39 is 0 Å². The Morgan fingerprint density at radius 1 is 1.29 bits per heavy atom. The Morgan fingerprint density at radius 3 is 2.76 bits per heavy atom. The molecule has 0 spiro atoms. The van der Waals surface area contributed by atoms with E-state index in [9.17, 15) is 4.39 Å². The molecule has 1 aromatic carbocycles. The number of halogens is 1. The second-order valence-corrected chi connectivity index (χ2v) is 3.93. The number of benzene rings is 1. The van der Waals surface area contributed by atoms with Crippen LogP contribution in [0.25, 0.3) is 0 Å². The standard InChI is InChI=1S/C13H14FN3/c1-17(12-5-6-13(15)16-8-12)9-10-3-2-4-11(14)7-10/h2-8H,9H2,1H3,(H2,15,16). The van der Waals surface area contributed by atoms with Gasteiger partial charge in [0.25, 0.3) is 0 Å². The van der Waals surface area contributed by atoms with E-state index in [4.69, 9.17) is 5.73 Å². The van der Waals surface area contributed by atoms with E-state index in [0.717, 1.165) is 11.3 Å². The van der Waals surface area contributed by atoms with Crippen molar-refractivity contribution in [2.75, 3.05) is 17.7 Å². The Bertz CT molecular complexity index is 496. The third-order valence-corrected chi connectivity index (χ3v) is 2.52. The molecule has 0 radical (unpaired) electrons. The maximum absolute atomic E-state index is 13.0. The largest absolute Gasteiger partial charge is 0.384 e. The zero-order valence-corrected chi connectivity index (χ0v) is 9.60. The summed E-state index contributed by atoms with van der Waals surface area (Å²) in [6, 6.07) is 10.2. The fourth-order valence-corrected chi connectivity index (χ4v) is 1.62. The molecule has 0 bridgehead atoms. The van der Waals surface area contributed by atoms with E-state index in [1.165, 1.54) is 12.1 Å². The van der Waals surface area contributed by atoms with Crippen molar-refractivity contribution < 1.29 is 4.39 Å². The molecule has 0 aliphatic carbocycles. The van der Waals surface area contributed by atoms with Gasteiger partial charge in [-0.2, -0.15) is 0 Å². The molecule has 17 heavy (non-hydrogen) atoms. The highest BCUT2D eigenvalue weighted by Gasteiger charge is 2.03. The smallest absolute Gasteiger partial charge is 0.123 e. The summed E-state index contributed by atoms with van der Waals surface area (Å²) in [5.74, 6) is 0.277. The minimum Gasteiger partial charge on any atom is -0.384 e. The third kappa shape index (κ3) is 2.93. The van der Waals surface area contributed by atoms with Crippen LogP contribution in [0.5, 0.6) is 0 Å². The minimum absolute atomic E-state index is 0.216. The molecule has 1 heterocycles. The molecule has 0 unspecified atom stereocenters. The second kappa shape index (κ2) is 4.82. The van der Waals surface area contributed by atoms with Crippen molar-refractivity contribution in [3.63, 3.8) is 0 Å². The molecule has 2 aromatic rings. The molecule has 2 N–H and O–H groups in total. The summed E-state index contributed by atoms with van der Waals surface area (Å²) in [6.07, 6.45) is 1.70. The minimum atomic E-state index is -0.216. The van der Waals surface area contributed by atoms with E-state index in [2.05, 4.69) is 4.98 Å². The number of hydrogen-bond acceptors (Lipinski definition) is 3. The topological polar surface area (TPSA) is 42.1 Å². The first-order chi connectivity index (χ1) is 8.15. The lowest BCUT2D eigenvalue weighted by atomic mass is 10.2. The van der Waals surface area contributed by atoms with Crippen LogP contribution in [0.1, 0.15) is 5.56 Å². The van der Waals surface area contributed by atoms with Gasteiger partial charge in [-0.05, 0) is 29.8 Å². The van der Waals surface area contributed by atoms with Gasteiger partial charge in [-0.1, -0.05) is 12.1 Å². The molecule has 0 saturated carbocycles. The first kappa shape index (κ1) is 11.4. The van der Waals surface area contributed by atoms with E-state index >= 15 is 0 Å². The van der Waals surface area contributed by atoms with Crippen molar-refractivity contribution in [3.8, 4) is 0 Å². The van der Waals surface area contributed by atoms with E-state index in [1.54, 1.807) is 18.3 Å². The summed E-state index contributed by atoms with van der Waals surface area (Å²) in [4.78, 5) is 6.01. The lowest BCUT2D eigenvalue weighted by Crippen LogP contribution is -2.16. The van der Waals surface area contributed by atoms with Crippen LogP contribution in [0.2, 0.25) is 0 Å². The van der Waals surface area contributed by atoms with Gasteiger partial charge in [-0.15, -0.1) is 0 Å². The lowest BCUT2D eigenvalue weighted by Gasteiger charge is -2.19. The van der Waals surface area contributed by atoms with Crippen LogP contribution >= 0.6 is 0 Å². The summed E-state index contributed by atoms with van der Waals surface area (Å²) in [5.41, 5.74) is 7.39. The highest BCUT2D eigenvalue weighted by molar-refractivity contribution is 5.47. The van der Waals surface area contributed by atoms with E-state index in [-0.39, 0.29) is 5.82 Å². The molecule has 2 rings (SSSR count). The highest BCUT2D eigenvalue weighted by Crippen LogP contribution is 2.15. The highest BCUT2D eigenvalue weighted by atomic mass is 19.1. The van der Waals surface area contributed by atoms with Crippen LogP contribution in [0.3, 0.4) is 0 Å². The summed E-state index contributed by atoms with van der Waals surface area (Å²) in [7, 11) is 1.93. The van der Waals surface area contributed by atoms with Crippen LogP contribution in [-0.2, 0) is 6.54 Å². The van der Waals surface area contributed by atoms with Crippen molar-refractivity contribution in [1.29, 1.82) is 0 Å². The van der Waals surface area contributed by atoms with Crippen molar-refractivity contribution >= 4 is 11.5 Å². The number of nitrogens with zero attached hydrogens (tertiary/aromatic N) is 2. The van der Waals surface area contributed by atoms with Crippen LogP contribution in [0.15, 0.2) is 42.6 Å². The molecule has 0 fully saturated rings. The van der Waals surface area contributed by atoms with Crippen LogP contribution in [-0.4, -0.2) is 12.0 Å². The second-order valence-electron chi connectivity index (χ2n) is 3.93. The summed E-state index contributed by atoms with van der Waals surface area (Å²) in [5, 5.41) is 0. The van der Waals surface area contributed by atoms with Gasteiger partial charge in [0, 0.05) is 13.6 Å². The molecule has 0 amide bonds. The third-order valence-electron chi connectivity index (χ3n) is 2.52. The van der Waals surface area contributed by atoms with Crippen molar-refractivity contribution in [3.05, 3.63) is 54.0 Å². The number of anilines is 2. The summed E-state index contributed by atoms with van der Waals surface area (Å²) in [6.45, 7) is 0.628. The number of hydrogen-bond donors (Lipinski definition) is 1. The van der Waals surface area contributed by atoms with Crippen LogP contribution < -0.4 is 10.6 Å². The van der Waals surface area contributed by atoms with Gasteiger partial charge in [0.1, 0.15) is 11.6 Å². The number of rotatable bonds is 3. The molecular weight excluding hydrogens is 217 g/mol. The Hall–Kier alpha value is -2.10. The van der Waals surface area contributed by atoms with Gasteiger partial charge in [0.05, 0.1) is 11.9 Å². The normalized spacial score (nSPS) is 10.2. The number of pyridine rings is 1. The molecule has 4 heteroatoms. The van der Waals surface area contributed by atoms with Crippen molar-refractivity contribution in [2.24, 2.45) is 0 Å². The molecule has 3 nitrogen and oxygen atoms in total. The molecule has 0 saturated heterocycles. The molecule has 0 aliphatic rings. The summed E-state index contributed by atoms with van der Waals surface area (Å²) < 4.78 is 13.0. The Balaban J connectivity index is 2.11. The van der Waals surface area contributed by atoms with Gasteiger partial charge >= 0.3 is 0 Å². The van der Waals surface area contributed by atoms with Gasteiger partial charge < -0.3 is 10.6 Å². The molecule has 0 atom stereocenters. The predicted molar refractivity (Wildman–Crippen MR) is 67.2 cm³/mol. The SMILES string of the molecule is CN(Cc1cccc(F)c1)c1ccc(N)nc1. The van der Waals surface area contributed by atoms with Crippen LogP contribution in [0.4, 0.5) is 15.9 Å². The maximum Gasteiger partial charge on any atom is 0.123 e. The lowest BCUT2D eigenvalue weighted by molar-refractivity contribution is 0.625. The predicted octanol–water partition coefficient (Wildman–Crippen LogP) is 2.44. The number of nitrogen functional groups attached to an aromatic ring is 1. The first-order valence-corrected chi connectivity index (χ1v) is 5.32. The van der Waals surface area contributed by atoms with Crippen molar-refractivity contribution in [2.45, 2.75) is 6.54 Å². The Morgan fingerprint density at radius 2 is 2.12 bits per heavy atom. The van der Waals surface area contributed by atoms with Gasteiger partial charge in [-0.25, -0.2) is 9.37 Å². The molecule has 88 valence electrons.